The predicted octanol–water partition coefficient (Wildman–Crippen LogP) is 0.212. The van der Waals surface area contributed by atoms with Crippen molar-refractivity contribution < 1.29 is 24.5 Å². The van der Waals surface area contributed by atoms with E-state index in [4.69, 9.17) is 9.84 Å². The number of aliphatic hydroxyl groups excluding tert-OH is 2. The zero-order valence-corrected chi connectivity index (χ0v) is 12.5. The molecule has 112 valence electrons. The largest absolute Gasteiger partial charge is 0.458 e. The molecule has 1 unspecified atom stereocenters. The van der Waals surface area contributed by atoms with Crippen molar-refractivity contribution in [1.82, 2.24) is 5.32 Å². The topological polar surface area (TPSA) is 95.9 Å². The molecule has 0 aromatic carbocycles. The molecule has 0 saturated carbocycles. The molecule has 2 atom stereocenters. The lowest BCUT2D eigenvalue weighted by Gasteiger charge is -2.28. The molecule has 0 rings (SSSR count). The van der Waals surface area contributed by atoms with Crippen molar-refractivity contribution in [2.45, 2.75) is 59.3 Å². The van der Waals surface area contributed by atoms with Gasteiger partial charge in [-0.15, -0.1) is 0 Å². The second kappa shape index (κ2) is 6.34. The van der Waals surface area contributed by atoms with Gasteiger partial charge in [-0.25, -0.2) is 4.79 Å². The van der Waals surface area contributed by atoms with Gasteiger partial charge in [0.25, 0.3) is 0 Å². The zero-order valence-electron chi connectivity index (χ0n) is 12.5. The third-order valence-corrected chi connectivity index (χ3v) is 2.52. The lowest BCUT2D eigenvalue weighted by Crippen LogP contribution is -2.50. The van der Waals surface area contributed by atoms with E-state index in [1.54, 1.807) is 34.6 Å². The molecule has 0 aliphatic rings. The fraction of sp³-hybridized carbons (Fsp3) is 0.846. The van der Waals surface area contributed by atoms with Crippen molar-refractivity contribution in [3.63, 3.8) is 0 Å². The number of esters is 1. The zero-order chi connectivity index (χ0) is 15.4. The van der Waals surface area contributed by atoms with E-state index in [-0.39, 0.29) is 6.61 Å². The Morgan fingerprint density at radius 1 is 1.21 bits per heavy atom. The standard InChI is InChI=1S/C13H25NO5/c1-8(11(18)19-12(2,3)4)14-10(17)9(16)13(5,6)7-15/h8-9,15-16H,7H2,1-6H3,(H,14,17)/t8-,9?/m1/s1. The van der Waals surface area contributed by atoms with Gasteiger partial charge in [0.1, 0.15) is 17.7 Å². The quantitative estimate of drug-likeness (QED) is 0.623. The summed E-state index contributed by atoms with van der Waals surface area (Å²) in [7, 11) is 0. The molecule has 0 radical (unpaired) electrons. The highest BCUT2D eigenvalue weighted by atomic mass is 16.6. The maximum Gasteiger partial charge on any atom is 0.328 e. The van der Waals surface area contributed by atoms with Crippen LogP contribution in [0.4, 0.5) is 0 Å². The van der Waals surface area contributed by atoms with Crippen LogP contribution in [0, 0.1) is 5.41 Å². The summed E-state index contributed by atoms with van der Waals surface area (Å²) in [5.74, 6) is -1.28. The second-order valence-corrected chi connectivity index (χ2v) is 6.31. The highest BCUT2D eigenvalue weighted by Gasteiger charge is 2.34. The first-order valence-corrected chi connectivity index (χ1v) is 6.23. The Morgan fingerprint density at radius 2 is 1.68 bits per heavy atom. The van der Waals surface area contributed by atoms with Crippen LogP contribution in [0.3, 0.4) is 0 Å². The minimum Gasteiger partial charge on any atom is -0.458 e. The molecule has 0 aliphatic carbocycles. The molecule has 19 heavy (non-hydrogen) atoms. The third kappa shape index (κ3) is 6.02. The number of hydrogen-bond donors (Lipinski definition) is 3. The summed E-state index contributed by atoms with van der Waals surface area (Å²) >= 11 is 0. The molecular formula is C13H25NO5. The number of carbonyl (C=O) groups excluding carboxylic acids is 2. The highest BCUT2D eigenvalue weighted by molar-refractivity contribution is 5.87. The van der Waals surface area contributed by atoms with Gasteiger partial charge in [-0.05, 0) is 27.7 Å². The Bertz CT molecular complexity index is 332. The van der Waals surface area contributed by atoms with Gasteiger partial charge in [0, 0.05) is 5.41 Å². The van der Waals surface area contributed by atoms with Crippen LogP contribution in [0.2, 0.25) is 0 Å². The fourth-order valence-electron chi connectivity index (χ4n) is 1.18. The van der Waals surface area contributed by atoms with Crippen LogP contribution < -0.4 is 5.32 Å². The summed E-state index contributed by atoms with van der Waals surface area (Å²) in [6.45, 7) is 9.41. The van der Waals surface area contributed by atoms with E-state index in [0.29, 0.717) is 0 Å². The molecule has 0 aliphatic heterocycles. The van der Waals surface area contributed by atoms with Crippen LogP contribution in [0.25, 0.3) is 0 Å². The first-order chi connectivity index (χ1) is 8.40. The van der Waals surface area contributed by atoms with Crippen LogP contribution in [0.15, 0.2) is 0 Å². The smallest absolute Gasteiger partial charge is 0.328 e. The summed E-state index contributed by atoms with van der Waals surface area (Å²) in [5.41, 5.74) is -1.61. The summed E-state index contributed by atoms with van der Waals surface area (Å²) in [4.78, 5) is 23.4. The number of ether oxygens (including phenoxy) is 1. The molecule has 0 bridgehead atoms. The maximum atomic E-state index is 11.7. The van der Waals surface area contributed by atoms with Gasteiger partial charge in [0.05, 0.1) is 6.61 Å². The fourth-order valence-corrected chi connectivity index (χ4v) is 1.18. The lowest BCUT2D eigenvalue weighted by atomic mass is 9.87. The number of aliphatic hydroxyl groups is 2. The SMILES string of the molecule is C[C@@H](NC(=O)C(O)C(C)(C)CO)C(=O)OC(C)(C)C. The van der Waals surface area contributed by atoms with Gasteiger partial charge >= 0.3 is 5.97 Å². The molecule has 0 aromatic rings. The normalized spacial score (nSPS) is 15.6. The Kier molecular flexibility index (Phi) is 5.96. The number of rotatable bonds is 5. The number of nitrogens with one attached hydrogen (secondary N) is 1. The molecule has 0 spiro atoms. The second-order valence-electron chi connectivity index (χ2n) is 6.31. The predicted molar refractivity (Wildman–Crippen MR) is 70.3 cm³/mol. The first-order valence-electron chi connectivity index (χ1n) is 6.23. The van der Waals surface area contributed by atoms with Crippen LogP contribution >= 0.6 is 0 Å². The summed E-state index contributed by atoms with van der Waals surface area (Å²) in [5, 5.41) is 21.2. The minimum absolute atomic E-state index is 0.345. The van der Waals surface area contributed by atoms with Crippen molar-refractivity contribution in [2.75, 3.05) is 6.61 Å². The lowest BCUT2D eigenvalue weighted by molar-refractivity contribution is -0.159. The van der Waals surface area contributed by atoms with Gasteiger partial charge < -0.3 is 20.3 Å². The molecular weight excluding hydrogens is 250 g/mol. The highest BCUT2D eigenvalue weighted by Crippen LogP contribution is 2.19. The Labute approximate surface area is 114 Å². The summed E-state index contributed by atoms with van der Waals surface area (Å²) in [6, 6.07) is -0.865. The van der Waals surface area contributed by atoms with Crippen LogP contribution in [-0.4, -0.2) is 46.4 Å². The third-order valence-electron chi connectivity index (χ3n) is 2.52. The van der Waals surface area contributed by atoms with Crippen molar-refractivity contribution in [1.29, 1.82) is 0 Å². The van der Waals surface area contributed by atoms with Gasteiger partial charge in [0.2, 0.25) is 5.91 Å². The van der Waals surface area contributed by atoms with Crippen LogP contribution in [-0.2, 0) is 14.3 Å². The van der Waals surface area contributed by atoms with E-state index in [1.807, 2.05) is 0 Å². The van der Waals surface area contributed by atoms with Crippen molar-refractivity contribution in [3.05, 3.63) is 0 Å². The van der Waals surface area contributed by atoms with E-state index in [2.05, 4.69) is 5.32 Å². The molecule has 3 N–H and O–H groups in total. The average molecular weight is 275 g/mol. The summed E-state index contributed by atoms with van der Waals surface area (Å²) < 4.78 is 5.11. The van der Waals surface area contributed by atoms with E-state index in [9.17, 15) is 14.7 Å². The van der Waals surface area contributed by atoms with Crippen molar-refractivity contribution >= 4 is 11.9 Å². The van der Waals surface area contributed by atoms with Crippen molar-refractivity contribution in [2.24, 2.45) is 5.41 Å². The maximum absolute atomic E-state index is 11.7. The molecule has 0 aromatic heterocycles. The number of carbonyl (C=O) groups is 2. The Balaban J connectivity index is 4.53. The first kappa shape index (κ1) is 17.9. The number of amides is 1. The molecule has 0 heterocycles. The Morgan fingerprint density at radius 3 is 2.05 bits per heavy atom. The van der Waals surface area contributed by atoms with Crippen LogP contribution in [0.5, 0.6) is 0 Å². The molecule has 1 amide bonds. The van der Waals surface area contributed by atoms with Gasteiger partial charge in [-0.1, -0.05) is 13.8 Å². The molecule has 6 heteroatoms. The Hall–Kier alpha value is -1.14. The van der Waals surface area contributed by atoms with Gasteiger partial charge in [-0.2, -0.15) is 0 Å². The van der Waals surface area contributed by atoms with Gasteiger partial charge in [0.15, 0.2) is 0 Å². The molecule has 0 fully saturated rings. The van der Waals surface area contributed by atoms with E-state index in [1.165, 1.54) is 6.92 Å². The van der Waals surface area contributed by atoms with Crippen molar-refractivity contribution in [3.8, 4) is 0 Å². The van der Waals surface area contributed by atoms with Crippen LogP contribution in [0.1, 0.15) is 41.5 Å². The van der Waals surface area contributed by atoms with Gasteiger partial charge in [-0.3, -0.25) is 4.79 Å². The molecule has 6 nitrogen and oxygen atoms in total. The average Bonchev–Trinajstić information content (AvgIpc) is 2.25. The molecule has 0 saturated heterocycles. The summed E-state index contributed by atoms with van der Waals surface area (Å²) in [6.07, 6.45) is -1.40. The minimum atomic E-state index is -1.40. The van der Waals surface area contributed by atoms with E-state index in [0.717, 1.165) is 0 Å². The number of hydrogen-bond acceptors (Lipinski definition) is 5. The van der Waals surface area contributed by atoms with E-state index >= 15 is 0 Å². The monoisotopic (exact) mass is 275 g/mol. The van der Waals surface area contributed by atoms with E-state index < -0.39 is 35.0 Å².